The Hall–Kier alpha value is -1.41. The van der Waals surface area contributed by atoms with Gasteiger partial charge in [-0.25, -0.2) is 4.79 Å². The van der Waals surface area contributed by atoms with Gasteiger partial charge in [-0.05, 0) is 76.0 Å². The van der Waals surface area contributed by atoms with Crippen LogP contribution in [0, 0.1) is 11.3 Å². The molecule has 3 fully saturated rings. The largest absolute Gasteiger partial charge is 0.456 e. The number of fused-ring (bicyclic) bond motifs is 2. The molecule has 1 aromatic rings. The van der Waals surface area contributed by atoms with E-state index in [1.807, 2.05) is 0 Å². The summed E-state index contributed by atoms with van der Waals surface area (Å²) in [4.78, 5) is 11.8. The lowest BCUT2D eigenvalue weighted by Crippen LogP contribution is -2.74. The molecule has 3 unspecified atom stereocenters. The molecular formula is C22H35BO6. The van der Waals surface area contributed by atoms with Crippen LogP contribution in [0.2, 0.25) is 0 Å². The van der Waals surface area contributed by atoms with Crippen LogP contribution in [0.15, 0.2) is 24.3 Å². The van der Waals surface area contributed by atoms with Gasteiger partial charge in [0.15, 0.2) is 0 Å². The molecular weight excluding hydrogens is 371 g/mol. The molecule has 2 bridgehead atoms. The first kappa shape index (κ1) is 23.9. The van der Waals surface area contributed by atoms with Gasteiger partial charge in [0.2, 0.25) is 0 Å². The Kier molecular flexibility index (Phi) is 6.61. The number of carbonyl (C=O) groups is 1. The first-order chi connectivity index (χ1) is 13.1. The number of rotatable bonds is 3. The molecule has 6 nitrogen and oxygen atoms in total. The van der Waals surface area contributed by atoms with Crippen molar-refractivity contribution < 1.29 is 29.8 Å². The Bertz CT molecular complexity index is 727. The molecule has 4 N–H and O–H groups in total. The van der Waals surface area contributed by atoms with Gasteiger partial charge in [-0.15, -0.1) is 0 Å². The minimum absolute atomic E-state index is 0.0885. The molecule has 0 spiro atoms. The first-order valence-corrected chi connectivity index (χ1v) is 10.2. The van der Waals surface area contributed by atoms with E-state index in [0.29, 0.717) is 17.0 Å². The fourth-order valence-corrected chi connectivity index (χ4v) is 4.49. The van der Waals surface area contributed by atoms with Crippen LogP contribution in [-0.2, 0) is 11.1 Å². The number of carbonyl (C=O) groups excluding carboxylic acids is 1. The van der Waals surface area contributed by atoms with E-state index in [9.17, 15) is 15.0 Å². The molecule has 0 aromatic heterocycles. The molecule has 3 aliphatic carbocycles. The highest BCUT2D eigenvalue weighted by Gasteiger charge is 2.69. The van der Waals surface area contributed by atoms with Crippen LogP contribution in [0.25, 0.3) is 0 Å². The summed E-state index contributed by atoms with van der Waals surface area (Å²) in [5, 5.41) is 38.0. The van der Waals surface area contributed by atoms with Crippen LogP contribution in [0.3, 0.4) is 0 Å². The van der Waals surface area contributed by atoms with Gasteiger partial charge < -0.3 is 25.0 Å². The minimum atomic E-state index is -1.41. The maximum atomic E-state index is 11.8. The molecule has 7 heteroatoms. The van der Waals surface area contributed by atoms with E-state index < -0.39 is 29.9 Å². The molecule has 1 aromatic carbocycles. The second-order valence-electron chi connectivity index (χ2n) is 10.2. The van der Waals surface area contributed by atoms with E-state index >= 15 is 0 Å². The fourth-order valence-electron chi connectivity index (χ4n) is 4.49. The Morgan fingerprint density at radius 2 is 1.83 bits per heavy atom. The second kappa shape index (κ2) is 8.02. The first-order valence-electron chi connectivity index (χ1n) is 10.2. The van der Waals surface area contributed by atoms with Crippen molar-refractivity contribution in [2.45, 2.75) is 83.9 Å². The predicted octanol–water partition coefficient (Wildman–Crippen LogP) is 2.50. The normalized spacial score (nSPS) is 29.8. The van der Waals surface area contributed by atoms with E-state index in [2.05, 4.69) is 13.8 Å². The molecule has 3 aliphatic rings. The number of benzene rings is 1. The van der Waals surface area contributed by atoms with Crippen molar-refractivity contribution in [3.63, 3.8) is 0 Å². The molecule has 3 atom stereocenters. The molecule has 0 saturated heterocycles. The molecule has 3 saturated carbocycles. The Morgan fingerprint density at radius 1 is 1.21 bits per heavy atom. The van der Waals surface area contributed by atoms with Crippen LogP contribution in [0.4, 0.5) is 0 Å². The summed E-state index contributed by atoms with van der Waals surface area (Å²) in [6, 6.07) is 6.67. The molecule has 0 aliphatic heterocycles. The SMILES string of the molecule is CC(C)(C)OC(=O)c1cccc(CB(O)O)c1.CC1(O)CCC2CC1(O)C2(C)C. The lowest BCUT2D eigenvalue weighted by molar-refractivity contribution is -0.312. The Labute approximate surface area is 174 Å². The zero-order valence-electron chi connectivity index (χ0n) is 18.4. The van der Waals surface area contributed by atoms with Gasteiger partial charge in [0, 0.05) is 6.32 Å². The molecule has 4 rings (SSSR count). The monoisotopic (exact) mass is 406 g/mol. The highest BCUT2D eigenvalue weighted by Crippen LogP contribution is 2.65. The van der Waals surface area contributed by atoms with Crippen LogP contribution < -0.4 is 0 Å². The van der Waals surface area contributed by atoms with E-state index in [-0.39, 0.29) is 11.7 Å². The maximum absolute atomic E-state index is 11.8. The van der Waals surface area contributed by atoms with Gasteiger partial charge in [-0.3, -0.25) is 0 Å². The summed E-state index contributed by atoms with van der Waals surface area (Å²) in [5.74, 6) is 0.203. The zero-order chi connectivity index (χ0) is 22.3. The average molecular weight is 406 g/mol. The third kappa shape index (κ3) is 5.02. The van der Waals surface area contributed by atoms with Gasteiger partial charge in [0.25, 0.3) is 0 Å². The van der Waals surface area contributed by atoms with Gasteiger partial charge in [0.05, 0.1) is 16.8 Å². The molecule has 29 heavy (non-hydrogen) atoms. The highest BCUT2D eigenvalue weighted by atomic mass is 16.6. The van der Waals surface area contributed by atoms with Crippen LogP contribution in [-0.4, -0.2) is 50.2 Å². The number of hydrogen-bond acceptors (Lipinski definition) is 6. The predicted molar refractivity (Wildman–Crippen MR) is 112 cm³/mol. The summed E-state index contributed by atoms with van der Waals surface area (Å²) >= 11 is 0. The second-order valence-corrected chi connectivity index (χ2v) is 10.2. The number of hydrogen-bond donors (Lipinski definition) is 4. The van der Waals surface area contributed by atoms with Crippen LogP contribution in [0.1, 0.15) is 76.7 Å². The highest BCUT2D eigenvalue weighted by molar-refractivity contribution is 6.40. The number of esters is 1. The van der Waals surface area contributed by atoms with Crippen molar-refractivity contribution in [1.82, 2.24) is 0 Å². The lowest BCUT2D eigenvalue weighted by atomic mass is 9.41. The van der Waals surface area contributed by atoms with Crippen molar-refractivity contribution in [3.8, 4) is 0 Å². The topological polar surface area (TPSA) is 107 Å². The number of aliphatic hydroxyl groups is 2. The standard InChI is InChI=1S/C12H17BO4.C10H18O2/c1-12(2,3)17-11(14)10-6-4-5-9(7-10)8-13(15)16;1-8(2)7-4-5-9(3,11)10(8,12)6-7/h4-7,15-16H,8H2,1-3H3;7,11-12H,4-6H2,1-3H3. The summed E-state index contributed by atoms with van der Waals surface area (Å²) in [6.07, 6.45) is 2.68. The quantitative estimate of drug-likeness (QED) is 0.454. The van der Waals surface area contributed by atoms with Gasteiger partial charge >= 0.3 is 13.1 Å². The molecule has 0 radical (unpaired) electrons. The summed E-state index contributed by atoms with van der Waals surface area (Å²) in [6.45, 7) is 11.3. The third-order valence-corrected chi connectivity index (χ3v) is 6.48. The van der Waals surface area contributed by atoms with E-state index in [4.69, 9.17) is 14.8 Å². The van der Waals surface area contributed by atoms with Crippen LogP contribution in [0.5, 0.6) is 0 Å². The minimum Gasteiger partial charge on any atom is -0.456 e. The zero-order valence-corrected chi connectivity index (χ0v) is 18.4. The van der Waals surface area contributed by atoms with Gasteiger partial charge in [-0.2, -0.15) is 0 Å². The maximum Gasteiger partial charge on any atom is 0.456 e. The Morgan fingerprint density at radius 3 is 2.28 bits per heavy atom. The van der Waals surface area contributed by atoms with Crippen molar-refractivity contribution in [2.24, 2.45) is 11.3 Å². The average Bonchev–Trinajstić information content (AvgIpc) is 2.55. The van der Waals surface area contributed by atoms with Crippen molar-refractivity contribution in [3.05, 3.63) is 35.4 Å². The van der Waals surface area contributed by atoms with E-state index in [0.717, 1.165) is 19.3 Å². The van der Waals surface area contributed by atoms with E-state index in [1.165, 1.54) is 0 Å². The lowest BCUT2D eigenvalue weighted by Gasteiger charge is -2.68. The summed E-state index contributed by atoms with van der Waals surface area (Å²) in [7, 11) is -1.41. The Balaban J connectivity index is 0.000000218. The third-order valence-electron chi connectivity index (χ3n) is 6.48. The van der Waals surface area contributed by atoms with Crippen molar-refractivity contribution in [2.75, 3.05) is 0 Å². The van der Waals surface area contributed by atoms with Crippen LogP contribution >= 0.6 is 0 Å². The van der Waals surface area contributed by atoms with Gasteiger partial charge in [-0.1, -0.05) is 26.0 Å². The van der Waals surface area contributed by atoms with Gasteiger partial charge in [0.1, 0.15) is 5.60 Å². The van der Waals surface area contributed by atoms with Crippen molar-refractivity contribution >= 4 is 13.1 Å². The van der Waals surface area contributed by atoms with E-state index in [1.54, 1.807) is 52.0 Å². The molecule has 162 valence electrons. The fraction of sp³-hybridized carbons (Fsp3) is 0.682. The molecule has 0 amide bonds. The smallest absolute Gasteiger partial charge is 0.456 e. The van der Waals surface area contributed by atoms with Crippen molar-refractivity contribution in [1.29, 1.82) is 0 Å². The molecule has 0 heterocycles. The number of ether oxygens (including phenoxy) is 1. The summed E-state index contributed by atoms with van der Waals surface area (Å²) < 4.78 is 5.22. The summed E-state index contributed by atoms with van der Waals surface area (Å²) in [5.41, 5.74) is -1.23.